The molecule has 9 heteroatoms. The largest absolute Gasteiger partial charge is 0.324 e. The standard InChI is InChI=1S/C19H20N4O3S2/c1-12-8-9-14(13(2)11-12)20-19(24)16-6-4-10-23(16)28(25,26)17-7-3-5-15-18(17)22-27-21-15/h3,5,7-9,11,16H,4,6,10H2,1-2H3,(H,20,24)/t16-/m0/s1. The summed E-state index contributed by atoms with van der Waals surface area (Å²) in [7, 11) is -3.86. The molecule has 1 atom stereocenters. The number of hydrogen-bond acceptors (Lipinski definition) is 6. The van der Waals surface area contributed by atoms with E-state index >= 15 is 0 Å². The summed E-state index contributed by atoms with van der Waals surface area (Å²) < 4.78 is 36.2. The van der Waals surface area contributed by atoms with Gasteiger partial charge in [0.25, 0.3) is 0 Å². The van der Waals surface area contributed by atoms with Gasteiger partial charge in [0.1, 0.15) is 22.0 Å². The van der Waals surface area contributed by atoms with E-state index in [1.165, 1.54) is 10.4 Å². The van der Waals surface area contributed by atoms with E-state index < -0.39 is 16.1 Å². The minimum atomic E-state index is -3.86. The zero-order valence-electron chi connectivity index (χ0n) is 15.5. The van der Waals surface area contributed by atoms with Crippen LogP contribution in [0, 0.1) is 13.8 Å². The van der Waals surface area contributed by atoms with Gasteiger partial charge in [0.2, 0.25) is 15.9 Å². The first-order valence-electron chi connectivity index (χ1n) is 8.99. The highest BCUT2D eigenvalue weighted by atomic mass is 32.2. The fourth-order valence-electron chi connectivity index (χ4n) is 3.58. The summed E-state index contributed by atoms with van der Waals surface area (Å²) in [6.07, 6.45) is 1.12. The monoisotopic (exact) mass is 416 g/mol. The summed E-state index contributed by atoms with van der Waals surface area (Å²) in [6, 6.07) is 9.90. The normalized spacial score (nSPS) is 17.9. The number of carbonyl (C=O) groups is 1. The molecule has 1 fully saturated rings. The molecule has 1 aliphatic heterocycles. The molecule has 2 aromatic carbocycles. The molecule has 146 valence electrons. The van der Waals surface area contributed by atoms with Crippen LogP contribution in [0.15, 0.2) is 41.3 Å². The summed E-state index contributed by atoms with van der Waals surface area (Å²) >= 11 is 0.975. The lowest BCUT2D eigenvalue weighted by molar-refractivity contribution is -0.119. The maximum Gasteiger partial charge on any atom is 0.246 e. The van der Waals surface area contributed by atoms with Gasteiger partial charge in [0.15, 0.2) is 0 Å². The van der Waals surface area contributed by atoms with Crippen LogP contribution in [0.3, 0.4) is 0 Å². The molecular weight excluding hydrogens is 396 g/mol. The Morgan fingerprint density at radius 2 is 2.04 bits per heavy atom. The van der Waals surface area contributed by atoms with E-state index in [1.807, 2.05) is 32.0 Å². The molecule has 1 aliphatic rings. The van der Waals surface area contributed by atoms with Crippen LogP contribution < -0.4 is 5.32 Å². The lowest BCUT2D eigenvalue weighted by Gasteiger charge is -2.24. The van der Waals surface area contributed by atoms with Gasteiger partial charge in [0, 0.05) is 12.2 Å². The van der Waals surface area contributed by atoms with Crippen LogP contribution in [-0.2, 0) is 14.8 Å². The van der Waals surface area contributed by atoms with Gasteiger partial charge in [-0.3, -0.25) is 4.79 Å². The Kier molecular flexibility index (Phi) is 4.90. The highest BCUT2D eigenvalue weighted by Crippen LogP contribution is 2.30. The van der Waals surface area contributed by atoms with Crippen molar-refractivity contribution >= 4 is 44.4 Å². The third-order valence-electron chi connectivity index (χ3n) is 4.98. The number of aryl methyl sites for hydroxylation is 2. The molecule has 0 unspecified atom stereocenters. The molecular formula is C19H20N4O3S2. The van der Waals surface area contributed by atoms with Gasteiger partial charge < -0.3 is 5.32 Å². The smallest absolute Gasteiger partial charge is 0.246 e. The van der Waals surface area contributed by atoms with Crippen molar-refractivity contribution in [2.75, 3.05) is 11.9 Å². The number of hydrogen-bond donors (Lipinski definition) is 1. The number of anilines is 1. The number of sulfonamides is 1. The third kappa shape index (κ3) is 3.30. The Hall–Kier alpha value is -2.36. The Bertz CT molecular complexity index is 1160. The van der Waals surface area contributed by atoms with Crippen molar-refractivity contribution < 1.29 is 13.2 Å². The molecule has 3 aromatic rings. The minimum absolute atomic E-state index is 0.102. The molecule has 4 rings (SSSR count). The molecule has 1 aromatic heterocycles. The van der Waals surface area contributed by atoms with Crippen molar-refractivity contribution in [3.05, 3.63) is 47.5 Å². The summed E-state index contributed by atoms with van der Waals surface area (Å²) in [6.45, 7) is 4.21. The number of amides is 1. The molecule has 28 heavy (non-hydrogen) atoms. The number of carbonyl (C=O) groups excluding carboxylic acids is 1. The number of aromatic nitrogens is 2. The lowest BCUT2D eigenvalue weighted by atomic mass is 10.1. The predicted octanol–water partition coefficient (Wildman–Crippen LogP) is 3.10. The van der Waals surface area contributed by atoms with Gasteiger partial charge in [-0.2, -0.15) is 13.1 Å². The SMILES string of the molecule is Cc1ccc(NC(=O)[C@@H]2CCCN2S(=O)(=O)c2cccc3nsnc23)c(C)c1. The van der Waals surface area contributed by atoms with Crippen molar-refractivity contribution in [1.82, 2.24) is 13.1 Å². The molecule has 0 radical (unpaired) electrons. The van der Waals surface area contributed by atoms with Crippen LogP contribution in [0.25, 0.3) is 11.0 Å². The van der Waals surface area contributed by atoms with E-state index in [4.69, 9.17) is 0 Å². The van der Waals surface area contributed by atoms with Crippen molar-refractivity contribution in [3.63, 3.8) is 0 Å². The van der Waals surface area contributed by atoms with Crippen molar-refractivity contribution in [2.45, 2.75) is 37.6 Å². The van der Waals surface area contributed by atoms with E-state index in [1.54, 1.807) is 12.1 Å². The average molecular weight is 417 g/mol. The van der Waals surface area contributed by atoms with E-state index in [-0.39, 0.29) is 10.8 Å². The van der Waals surface area contributed by atoms with Crippen molar-refractivity contribution in [2.24, 2.45) is 0 Å². The van der Waals surface area contributed by atoms with Gasteiger partial charge in [-0.15, -0.1) is 0 Å². The van der Waals surface area contributed by atoms with Gasteiger partial charge in [-0.1, -0.05) is 23.8 Å². The molecule has 0 spiro atoms. The van der Waals surface area contributed by atoms with Crippen LogP contribution in [0.5, 0.6) is 0 Å². The topological polar surface area (TPSA) is 92.3 Å². The van der Waals surface area contributed by atoms with Gasteiger partial charge in [-0.05, 0) is 50.5 Å². The second kappa shape index (κ2) is 7.23. The molecule has 7 nitrogen and oxygen atoms in total. The summed E-state index contributed by atoms with van der Waals surface area (Å²) in [5.41, 5.74) is 3.64. The van der Waals surface area contributed by atoms with Gasteiger partial charge >= 0.3 is 0 Å². The number of fused-ring (bicyclic) bond motifs is 1. The van der Waals surface area contributed by atoms with Crippen LogP contribution >= 0.6 is 11.7 Å². The van der Waals surface area contributed by atoms with E-state index in [9.17, 15) is 13.2 Å². The van der Waals surface area contributed by atoms with E-state index in [0.717, 1.165) is 22.9 Å². The Labute approximate surface area is 167 Å². The maximum atomic E-state index is 13.3. The predicted molar refractivity (Wildman–Crippen MR) is 109 cm³/mol. The average Bonchev–Trinajstić information content (AvgIpc) is 3.32. The second-order valence-electron chi connectivity index (χ2n) is 6.97. The summed E-state index contributed by atoms with van der Waals surface area (Å²) in [5.74, 6) is -0.309. The molecule has 0 saturated carbocycles. The molecule has 0 bridgehead atoms. The second-order valence-corrected chi connectivity index (χ2v) is 9.36. The zero-order valence-corrected chi connectivity index (χ0v) is 17.2. The molecule has 1 saturated heterocycles. The first kappa shape index (κ1) is 19.0. The third-order valence-corrected chi connectivity index (χ3v) is 7.46. The molecule has 2 heterocycles. The highest BCUT2D eigenvalue weighted by molar-refractivity contribution is 7.89. The van der Waals surface area contributed by atoms with Gasteiger partial charge in [0.05, 0.1) is 11.7 Å². The lowest BCUT2D eigenvalue weighted by Crippen LogP contribution is -2.43. The van der Waals surface area contributed by atoms with E-state index in [0.29, 0.717) is 36.1 Å². The molecule has 1 amide bonds. The van der Waals surface area contributed by atoms with E-state index in [2.05, 4.69) is 14.1 Å². The number of benzene rings is 2. The van der Waals surface area contributed by atoms with Crippen molar-refractivity contribution in [1.29, 1.82) is 0 Å². The fourth-order valence-corrected chi connectivity index (χ4v) is 5.99. The highest BCUT2D eigenvalue weighted by Gasteiger charge is 2.40. The van der Waals surface area contributed by atoms with Crippen LogP contribution in [-0.4, -0.2) is 40.0 Å². The number of nitrogens with one attached hydrogen (secondary N) is 1. The minimum Gasteiger partial charge on any atom is -0.324 e. The maximum absolute atomic E-state index is 13.3. The van der Waals surface area contributed by atoms with Crippen LogP contribution in [0.4, 0.5) is 5.69 Å². The summed E-state index contributed by atoms with van der Waals surface area (Å²) in [4.78, 5) is 13.0. The Morgan fingerprint density at radius 3 is 2.82 bits per heavy atom. The van der Waals surface area contributed by atoms with Crippen molar-refractivity contribution in [3.8, 4) is 0 Å². The van der Waals surface area contributed by atoms with Crippen LogP contribution in [0.1, 0.15) is 24.0 Å². The Morgan fingerprint density at radius 1 is 1.21 bits per heavy atom. The number of nitrogens with zero attached hydrogens (tertiary/aromatic N) is 3. The quantitative estimate of drug-likeness (QED) is 0.706. The first-order valence-corrected chi connectivity index (χ1v) is 11.2. The molecule has 1 N–H and O–H groups in total. The first-order chi connectivity index (χ1) is 13.4. The van der Waals surface area contributed by atoms with Gasteiger partial charge in [-0.25, -0.2) is 8.42 Å². The van der Waals surface area contributed by atoms with Crippen LogP contribution in [0.2, 0.25) is 0 Å². The number of rotatable bonds is 4. The fraction of sp³-hybridized carbons (Fsp3) is 0.316. The molecule has 0 aliphatic carbocycles. The zero-order chi connectivity index (χ0) is 19.9. The Balaban J connectivity index is 1.64. The summed E-state index contributed by atoms with van der Waals surface area (Å²) in [5, 5.41) is 2.89.